The molecule has 0 aromatic heterocycles. The van der Waals surface area contributed by atoms with E-state index in [0.29, 0.717) is 6.54 Å². The fraction of sp³-hybridized carbons (Fsp3) is 0.417. The van der Waals surface area contributed by atoms with Gasteiger partial charge < -0.3 is 9.84 Å². The van der Waals surface area contributed by atoms with Crippen molar-refractivity contribution in [2.45, 2.75) is 19.4 Å². The van der Waals surface area contributed by atoms with Gasteiger partial charge in [-0.15, -0.1) is 0 Å². The third-order valence-corrected chi connectivity index (χ3v) is 2.30. The predicted octanol–water partition coefficient (Wildman–Crippen LogP) is 1.66. The maximum absolute atomic E-state index is 13.1. The zero-order valence-corrected chi connectivity index (χ0v) is 9.87. The summed E-state index contributed by atoms with van der Waals surface area (Å²) < 4.78 is 18.3. The van der Waals surface area contributed by atoms with Crippen LogP contribution in [0.2, 0.25) is 0 Å². The van der Waals surface area contributed by atoms with Gasteiger partial charge in [0.1, 0.15) is 12.1 Å². The van der Waals surface area contributed by atoms with E-state index in [2.05, 4.69) is 5.32 Å². The second-order valence-corrected chi connectivity index (χ2v) is 4.14. The first-order valence-corrected chi connectivity index (χ1v) is 5.29. The molecule has 0 radical (unpaired) electrons. The highest BCUT2D eigenvalue weighted by atomic mass is 19.1. The Morgan fingerprint density at radius 3 is 2.71 bits per heavy atom. The maximum Gasteiger partial charge on any atom is 0.323 e. The number of halogens is 1. The van der Waals surface area contributed by atoms with Gasteiger partial charge in [0.25, 0.3) is 0 Å². The average Bonchev–Trinajstić information content (AvgIpc) is 2.26. The van der Waals surface area contributed by atoms with Crippen molar-refractivity contribution in [3.8, 4) is 5.75 Å². The summed E-state index contributed by atoms with van der Waals surface area (Å²) in [6.45, 7) is 3.64. The Kier molecular flexibility index (Phi) is 4.45. The number of aliphatic carboxylic acids is 1. The Labute approximate surface area is 99.4 Å². The van der Waals surface area contributed by atoms with E-state index in [9.17, 15) is 9.18 Å². The van der Waals surface area contributed by atoms with Gasteiger partial charge >= 0.3 is 5.97 Å². The SMILES string of the molecule is CC(C)(NCCOc1ccccc1F)C(=O)O. The number of hydrogen-bond acceptors (Lipinski definition) is 3. The van der Waals surface area contributed by atoms with Crippen LogP contribution in [0, 0.1) is 5.82 Å². The molecule has 1 rings (SSSR count). The van der Waals surface area contributed by atoms with Gasteiger partial charge in [-0.1, -0.05) is 12.1 Å². The minimum Gasteiger partial charge on any atom is -0.489 e. The van der Waals surface area contributed by atoms with Crippen molar-refractivity contribution in [2.75, 3.05) is 13.2 Å². The Morgan fingerprint density at radius 1 is 1.47 bits per heavy atom. The molecule has 0 aliphatic heterocycles. The summed E-state index contributed by atoms with van der Waals surface area (Å²) in [5.41, 5.74) is -1.02. The number of carbonyl (C=O) groups is 1. The second kappa shape index (κ2) is 5.63. The van der Waals surface area contributed by atoms with Crippen LogP contribution in [0.3, 0.4) is 0 Å². The first-order valence-electron chi connectivity index (χ1n) is 5.29. The van der Waals surface area contributed by atoms with Gasteiger partial charge in [-0.3, -0.25) is 10.1 Å². The molecule has 0 spiro atoms. The van der Waals surface area contributed by atoms with Crippen molar-refractivity contribution in [1.29, 1.82) is 0 Å². The molecule has 0 aliphatic carbocycles. The fourth-order valence-electron chi connectivity index (χ4n) is 1.16. The standard InChI is InChI=1S/C12H16FNO3/c1-12(2,11(15)16)14-7-8-17-10-6-4-3-5-9(10)13/h3-6,14H,7-8H2,1-2H3,(H,15,16). The molecular weight excluding hydrogens is 225 g/mol. The van der Waals surface area contributed by atoms with Gasteiger partial charge in [-0.05, 0) is 26.0 Å². The van der Waals surface area contributed by atoms with E-state index < -0.39 is 17.3 Å². The van der Waals surface area contributed by atoms with Crippen molar-refractivity contribution in [3.05, 3.63) is 30.1 Å². The van der Waals surface area contributed by atoms with Crippen LogP contribution in [-0.2, 0) is 4.79 Å². The number of rotatable bonds is 6. The summed E-state index contributed by atoms with van der Waals surface area (Å²) in [5.74, 6) is -1.20. The lowest BCUT2D eigenvalue weighted by Crippen LogP contribution is -2.48. The number of hydrogen-bond donors (Lipinski definition) is 2. The number of carboxylic acids is 1. The molecule has 0 saturated heterocycles. The van der Waals surface area contributed by atoms with Crippen LogP contribution in [0.5, 0.6) is 5.75 Å². The number of para-hydroxylation sites is 1. The molecule has 0 unspecified atom stereocenters. The predicted molar refractivity (Wildman–Crippen MR) is 61.6 cm³/mol. The summed E-state index contributed by atoms with van der Waals surface area (Å²) in [7, 11) is 0. The summed E-state index contributed by atoms with van der Waals surface area (Å²) in [6.07, 6.45) is 0. The van der Waals surface area contributed by atoms with Crippen molar-refractivity contribution >= 4 is 5.97 Å². The van der Waals surface area contributed by atoms with Crippen LogP contribution in [0.15, 0.2) is 24.3 Å². The molecule has 0 atom stereocenters. The zero-order valence-electron chi connectivity index (χ0n) is 9.87. The fourth-order valence-corrected chi connectivity index (χ4v) is 1.16. The average molecular weight is 241 g/mol. The molecular formula is C12H16FNO3. The van der Waals surface area contributed by atoms with Crippen molar-refractivity contribution < 1.29 is 19.0 Å². The van der Waals surface area contributed by atoms with E-state index in [1.54, 1.807) is 26.0 Å². The molecule has 17 heavy (non-hydrogen) atoms. The number of carboxylic acid groups (broad SMARTS) is 1. The molecule has 0 bridgehead atoms. The van der Waals surface area contributed by atoms with E-state index in [1.165, 1.54) is 12.1 Å². The molecule has 0 amide bonds. The molecule has 0 heterocycles. The van der Waals surface area contributed by atoms with Crippen molar-refractivity contribution in [1.82, 2.24) is 5.32 Å². The highest BCUT2D eigenvalue weighted by molar-refractivity contribution is 5.77. The van der Waals surface area contributed by atoms with E-state index in [0.717, 1.165) is 0 Å². The minimum absolute atomic E-state index is 0.169. The van der Waals surface area contributed by atoms with E-state index in [4.69, 9.17) is 9.84 Å². The lowest BCUT2D eigenvalue weighted by atomic mass is 10.1. The summed E-state index contributed by atoms with van der Waals surface area (Å²) in [6, 6.07) is 6.09. The van der Waals surface area contributed by atoms with Gasteiger partial charge in [0, 0.05) is 6.54 Å². The van der Waals surface area contributed by atoms with Crippen molar-refractivity contribution in [3.63, 3.8) is 0 Å². The van der Waals surface area contributed by atoms with Crippen LogP contribution < -0.4 is 10.1 Å². The lowest BCUT2D eigenvalue weighted by molar-refractivity contribution is -0.143. The van der Waals surface area contributed by atoms with Crippen LogP contribution in [0.1, 0.15) is 13.8 Å². The minimum atomic E-state index is -1.02. The maximum atomic E-state index is 13.1. The van der Waals surface area contributed by atoms with Crippen LogP contribution in [-0.4, -0.2) is 29.8 Å². The molecule has 1 aromatic rings. The Balaban J connectivity index is 2.35. The third kappa shape index (κ3) is 4.03. The van der Waals surface area contributed by atoms with Gasteiger partial charge in [0.15, 0.2) is 11.6 Å². The quantitative estimate of drug-likeness (QED) is 0.744. The van der Waals surface area contributed by atoms with E-state index in [-0.39, 0.29) is 12.4 Å². The topological polar surface area (TPSA) is 58.6 Å². The molecule has 5 heteroatoms. The molecule has 0 fully saturated rings. The Morgan fingerprint density at radius 2 is 2.12 bits per heavy atom. The van der Waals surface area contributed by atoms with Gasteiger partial charge in [0.05, 0.1) is 0 Å². The largest absolute Gasteiger partial charge is 0.489 e. The Bertz CT molecular complexity index is 393. The molecule has 4 nitrogen and oxygen atoms in total. The Hall–Kier alpha value is -1.62. The number of benzene rings is 1. The summed E-state index contributed by atoms with van der Waals surface area (Å²) in [5, 5.41) is 11.6. The van der Waals surface area contributed by atoms with E-state index >= 15 is 0 Å². The first-order chi connectivity index (χ1) is 7.93. The summed E-state index contributed by atoms with van der Waals surface area (Å²) >= 11 is 0. The molecule has 2 N–H and O–H groups in total. The molecule has 0 saturated carbocycles. The van der Waals surface area contributed by atoms with Crippen LogP contribution in [0.4, 0.5) is 4.39 Å². The normalized spacial score (nSPS) is 11.2. The lowest BCUT2D eigenvalue weighted by Gasteiger charge is -2.20. The zero-order chi connectivity index (χ0) is 12.9. The monoisotopic (exact) mass is 241 g/mol. The first kappa shape index (κ1) is 13.4. The van der Waals surface area contributed by atoms with Crippen LogP contribution in [0.25, 0.3) is 0 Å². The third-order valence-electron chi connectivity index (χ3n) is 2.30. The van der Waals surface area contributed by atoms with Crippen molar-refractivity contribution in [2.24, 2.45) is 0 Å². The molecule has 0 aliphatic rings. The summed E-state index contributed by atoms with van der Waals surface area (Å²) in [4.78, 5) is 10.8. The highest BCUT2D eigenvalue weighted by Gasteiger charge is 2.25. The molecule has 1 aromatic carbocycles. The van der Waals surface area contributed by atoms with Gasteiger partial charge in [0.2, 0.25) is 0 Å². The highest BCUT2D eigenvalue weighted by Crippen LogP contribution is 2.14. The number of ether oxygens (including phenoxy) is 1. The number of nitrogens with one attached hydrogen (secondary N) is 1. The van der Waals surface area contributed by atoms with Gasteiger partial charge in [-0.2, -0.15) is 0 Å². The second-order valence-electron chi connectivity index (χ2n) is 4.14. The van der Waals surface area contributed by atoms with Gasteiger partial charge in [-0.25, -0.2) is 4.39 Å². The van der Waals surface area contributed by atoms with E-state index in [1.807, 2.05) is 0 Å². The smallest absolute Gasteiger partial charge is 0.323 e. The van der Waals surface area contributed by atoms with Crippen LogP contribution >= 0.6 is 0 Å². The molecule has 94 valence electrons.